The second-order valence-corrected chi connectivity index (χ2v) is 4.39. The van der Waals surface area contributed by atoms with Gasteiger partial charge in [-0.15, -0.1) is 0 Å². The quantitative estimate of drug-likeness (QED) is 0.784. The molecule has 0 radical (unpaired) electrons. The van der Waals surface area contributed by atoms with Gasteiger partial charge in [0.2, 0.25) is 0 Å². The van der Waals surface area contributed by atoms with Gasteiger partial charge in [0, 0.05) is 18.1 Å². The van der Waals surface area contributed by atoms with Gasteiger partial charge in [0.05, 0.1) is 18.8 Å². The molecule has 1 aromatic rings. The van der Waals surface area contributed by atoms with E-state index in [1.807, 2.05) is 12.1 Å². The second kappa shape index (κ2) is 3.80. The van der Waals surface area contributed by atoms with Gasteiger partial charge in [-0.05, 0) is 12.5 Å². The van der Waals surface area contributed by atoms with Crippen molar-refractivity contribution in [2.45, 2.75) is 12.0 Å². The average Bonchev–Trinajstić information content (AvgIpc) is 2.74. The monoisotopic (exact) mass is 223 g/mol. The summed E-state index contributed by atoms with van der Waals surface area (Å²) in [6, 6.07) is 6.89. The number of hydrogen-bond donors (Lipinski definition) is 1. The van der Waals surface area contributed by atoms with E-state index in [-0.39, 0.29) is 11.7 Å². The van der Waals surface area contributed by atoms with Crippen LogP contribution < -0.4 is 5.48 Å². The van der Waals surface area contributed by atoms with E-state index in [0.717, 1.165) is 6.42 Å². The molecule has 86 valence electrons. The third kappa shape index (κ3) is 1.38. The lowest BCUT2D eigenvalue weighted by molar-refractivity contribution is -0.00193. The molecule has 2 unspecified atom stereocenters. The molecule has 2 atom stereocenters. The average molecular weight is 223 g/mol. The molecule has 2 fully saturated rings. The minimum atomic E-state index is -0.399. The zero-order chi connectivity index (χ0) is 11.0. The second-order valence-electron chi connectivity index (χ2n) is 4.39. The molecule has 2 aliphatic rings. The fraction of sp³-hybridized carbons (Fsp3) is 0.500. The van der Waals surface area contributed by atoms with Crippen molar-refractivity contribution in [1.82, 2.24) is 5.48 Å². The van der Waals surface area contributed by atoms with Crippen molar-refractivity contribution in [3.63, 3.8) is 0 Å². The van der Waals surface area contributed by atoms with Crippen LogP contribution in [0.25, 0.3) is 0 Å². The molecule has 4 heteroatoms. The Bertz CT molecular complexity index is 398. The van der Waals surface area contributed by atoms with Gasteiger partial charge in [-0.25, -0.2) is 4.39 Å². The van der Waals surface area contributed by atoms with Crippen molar-refractivity contribution < 1.29 is 14.0 Å². The van der Waals surface area contributed by atoms with Crippen molar-refractivity contribution in [3.05, 3.63) is 35.6 Å². The van der Waals surface area contributed by atoms with Crippen LogP contribution in [0.5, 0.6) is 0 Å². The highest BCUT2D eigenvalue weighted by Gasteiger charge is 2.48. The smallest absolute Gasteiger partial charge is 0.128 e. The summed E-state index contributed by atoms with van der Waals surface area (Å²) in [6.45, 7) is 1.84. The first-order valence-electron chi connectivity index (χ1n) is 5.55. The van der Waals surface area contributed by atoms with E-state index in [2.05, 4.69) is 5.48 Å². The van der Waals surface area contributed by atoms with Gasteiger partial charge in [0.1, 0.15) is 5.82 Å². The maximum Gasteiger partial charge on any atom is 0.128 e. The van der Waals surface area contributed by atoms with Crippen molar-refractivity contribution in [2.24, 2.45) is 5.92 Å². The van der Waals surface area contributed by atoms with Crippen molar-refractivity contribution in [3.8, 4) is 0 Å². The molecule has 0 bridgehead atoms. The lowest BCUT2D eigenvalue weighted by Crippen LogP contribution is -2.48. The number of hydrogen-bond acceptors (Lipinski definition) is 3. The third-order valence-corrected chi connectivity index (χ3v) is 3.55. The van der Waals surface area contributed by atoms with Gasteiger partial charge in [-0.1, -0.05) is 18.2 Å². The van der Waals surface area contributed by atoms with E-state index in [0.29, 0.717) is 25.4 Å². The van der Waals surface area contributed by atoms with Gasteiger partial charge < -0.3 is 9.57 Å². The van der Waals surface area contributed by atoms with Crippen LogP contribution in [0, 0.1) is 11.7 Å². The van der Waals surface area contributed by atoms with E-state index in [9.17, 15) is 4.39 Å². The molecular formula is C12H14FNO2. The van der Waals surface area contributed by atoms with Crippen LogP contribution >= 0.6 is 0 Å². The standard InChI is InChI=1S/C12H14FNO2/c13-11-4-2-1-3-10(11)12-5-6-15-7-9(12)8-16-14-12/h1-4,9,14H,5-8H2. The first-order chi connectivity index (χ1) is 7.83. The van der Waals surface area contributed by atoms with Crippen LogP contribution in [-0.2, 0) is 15.1 Å². The fourth-order valence-electron chi connectivity index (χ4n) is 2.63. The highest BCUT2D eigenvalue weighted by atomic mass is 19.1. The van der Waals surface area contributed by atoms with Crippen LogP contribution in [0.4, 0.5) is 4.39 Å². The van der Waals surface area contributed by atoms with Crippen LogP contribution in [0.3, 0.4) is 0 Å². The number of nitrogens with one attached hydrogen (secondary N) is 1. The Morgan fingerprint density at radius 2 is 2.19 bits per heavy atom. The molecule has 0 aromatic heterocycles. The van der Waals surface area contributed by atoms with Gasteiger partial charge >= 0.3 is 0 Å². The number of fused-ring (bicyclic) bond motifs is 1. The molecule has 1 aromatic carbocycles. The number of halogens is 1. The largest absolute Gasteiger partial charge is 0.381 e. The molecule has 0 aliphatic carbocycles. The number of ether oxygens (including phenoxy) is 1. The van der Waals surface area contributed by atoms with Gasteiger partial charge in [-0.3, -0.25) is 0 Å². The van der Waals surface area contributed by atoms with Crippen molar-refractivity contribution in [1.29, 1.82) is 0 Å². The molecular weight excluding hydrogens is 209 g/mol. The summed E-state index contributed by atoms with van der Waals surface area (Å²) in [4.78, 5) is 5.31. The molecule has 2 saturated heterocycles. The third-order valence-electron chi connectivity index (χ3n) is 3.55. The normalized spacial score (nSPS) is 33.7. The number of benzene rings is 1. The lowest BCUT2D eigenvalue weighted by Gasteiger charge is -2.37. The summed E-state index contributed by atoms with van der Waals surface area (Å²) in [5.41, 5.74) is 3.31. The van der Waals surface area contributed by atoms with Gasteiger partial charge in [0.25, 0.3) is 0 Å². The Labute approximate surface area is 93.5 Å². The highest BCUT2D eigenvalue weighted by molar-refractivity contribution is 5.28. The summed E-state index contributed by atoms with van der Waals surface area (Å²) in [5.74, 6) is 0.0190. The number of hydroxylamine groups is 1. The summed E-state index contributed by atoms with van der Waals surface area (Å²) < 4.78 is 19.3. The maximum absolute atomic E-state index is 13.9. The zero-order valence-electron chi connectivity index (χ0n) is 8.91. The van der Waals surface area contributed by atoms with Crippen molar-refractivity contribution >= 4 is 0 Å². The molecule has 0 amide bonds. The Kier molecular flexibility index (Phi) is 2.42. The van der Waals surface area contributed by atoms with Gasteiger partial charge in [-0.2, -0.15) is 5.48 Å². The minimum Gasteiger partial charge on any atom is -0.381 e. The topological polar surface area (TPSA) is 30.5 Å². The minimum absolute atomic E-state index is 0.174. The molecule has 3 nitrogen and oxygen atoms in total. The molecule has 2 aliphatic heterocycles. The summed E-state index contributed by atoms with van der Waals surface area (Å²) in [6.07, 6.45) is 0.749. The Morgan fingerprint density at radius 3 is 3.06 bits per heavy atom. The predicted molar refractivity (Wildman–Crippen MR) is 56.1 cm³/mol. The molecule has 0 spiro atoms. The van der Waals surface area contributed by atoms with E-state index in [1.165, 1.54) is 6.07 Å². The highest BCUT2D eigenvalue weighted by Crippen LogP contribution is 2.41. The van der Waals surface area contributed by atoms with E-state index in [4.69, 9.17) is 9.57 Å². The first-order valence-corrected chi connectivity index (χ1v) is 5.55. The Hall–Kier alpha value is -0.970. The van der Waals surface area contributed by atoms with Crippen LogP contribution in [0.2, 0.25) is 0 Å². The molecule has 2 heterocycles. The SMILES string of the molecule is Fc1ccccc1C12CCOCC1CON2. The molecule has 1 N–H and O–H groups in total. The van der Waals surface area contributed by atoms with Crippen LogP contribution in [-0.4, -0.2) is 19.8 Å². The predicted octanol–water partition coefficient (Wildman–Crippen LogP) is 1.59. The first kappa shape index (κ1) is 10.2. The van der Waals surface area contributed by atoms with Crippen molar-refractivity contribution in [2.75, 3.05) is 19.8 Å². The molecule has 3 rings (SSSR count). The van der Waals surface area contributed by atoms with E-state index in [1.54, 1.807) is 6.07 Å². The maximum atomic E-state index is 13.9. The Morgan fingerprint density at radius 1 is 1.31 bits per heavy atom. The van der Waals surface area contributed by atoms with Crippen LogP contribution in [0.1, 0.15) is 12.0 Å². The number of rotatable bonds is 1. The van der Waals surface area contributed by atoms with E-state index < -0.39 is 5.54 Å². The summed E-state index contributed by atoms with van der Waals surface area (Å²) in [5, 5.41) is 0. The van der Waals surface area contributed by atoms with Crippen LogP contribution in [0.15, 0.2) is 24.3 Å². The molecule has 0 saturated carbocycles. The van der Waals surface area contributed by atoms with Gasteiger partial charge in [0.15, 0.2) is 0 Å². The Balaban J connectivity index is 2.05. The summed E-state index contributed by atoms with van der Waals surface area (Å²) >= 11 is 0. The summed E-state index contributed by atoms with van der Waals surface area (Å²) in [7, 11) is 0. The molecule has 16 heavy (non-hydrogen) atoms. The zero-order valence-corrected chi connectivity index (χ0v) is 8.91. The fourth-order valence-corrected chi connectivity index (χ4v) is 2.63. The lowest BCUT2D eigenvalue weighted by atomic mass is 9.76. The van der Waals surface area contributed by atoms with E-state index >= 15 is 0 Å².